The van der Waals surface area contributed by atoms with Crippen molar-refractivity contribution >= 4 is 41.3 Å². The Hall–Kier alpha value is -1.59. The highest BCUT2D eigenvalue weighted by Crippen LogP contribution is 2.38. The standard InChI is InChI=1S/C22H23IOSi/c1-22(2,3)25(18-12-6-4-7-13-18,19-14-8-5-9-15-19)24-21-17-11-10-16-20(21)23/h4-17H,1-3H3. The Balaban J connectivity index is 2.28. The third kappa shape index (κ3) is 3.53. The van der Waals surface area contributed by atoms with E-state index in [1.807, 2.05) is 0 Å². The average Bonchev–Trinajstić information content (AvgIpc) is 2.61. The van der Waals surface area contributed by atoms with Crippen LogP contribution in [-0.4, -0.2) is 8.32 Å². The molecule has 0 aliphatic heterocycles. The summed E-state index contributed by atoms with van der Waals surface area (Å²) in [5.74, 6) is 0.970. The number of hydrogen-bond acceptors (Lipinski definition) is 1. The number of hydrogen-bond donors (Lipinski definition) is 0. The lowest BCUT2D eigenvalue weighted by Gasteiger charge is -2.43. The fourth-order valence-corrected chi connectivity index (χ4v) is 8.49. The summed E-state index contributed by atoms with van der Waals surface area (Å²) in [6.45, 7) is 6.90. The van der Waals surface area contributed by atoms with Crippen LogP contribution in [0.3, 0.4) is 0 Å². The van der Waals surface area contributed by atoms with Crippen molar-refractivity contribution < 1.29 is 4.43 Å². The topological polar surface area (TPSA) is 9.23 Å². The molecule has 0 saturated carbocycles. The average molecular weight is 458 g/mol. The van der Waals surface area contributed by atoms with Crippen LogP contribution in [0.25, 0.3) is 0 Å². The molecule has 0 saturated heterocycles. The molecular formula is C22H23IOSi. The highest BCUT2D eigenvalue weighted by atomic mass is 127. The van der Waals surface area contributed by atoms with E-state index in [4.69, 9.17) is 4.43 Å². The lowest BCUT2D eigenvalue weighted by molar-refractivity contribution is 0.505. The zero-order valence-electron chi connectivity index (χ0n) is 14.9. The summed E-state index contributed by atoms with van der Waals surface area (Å²) in [6.07, 6.45) is 0. The molecule has 0 radical (unpaired) electrons. The van der Waals surface area contributed by atoms with Crippen LogP contribution in [0.5, 0.6) is 5.75 Å². The van der Waals surface area contributed by atoms with Crippen LogP contribution in [0.4, 0.5) is 0 Å². The van der Waals surface area contributed by atoms with Crippen LogP contribution in [0.1, 0.15) is 20.8 Å². The van der Waals surface area contributed by atoms with Crippen molar-refractivity contribution in [3.63, 3.8) is 0 Å². The van der Waals surface area contributed by atoms with Crippen LogP contribution in [0, 0.1) is 3.57 Å². The predicted molar refractivity (Wildman–Crippen MR) is 117 cm³/mol. The van der Waals surface area contributed by atoms with Crippen molar-refractivity contribution in [2.75, 3.05) is 0 Å². The number of benzene rings is 3. The third-order valence-corrected chi connectivity index (χ3v) is 10.3. The highest BCUT2D eigenvalue weighted by Gasteiger charge is 2.52. The molecule has 1 nitrogen and oxygen atoms in total. The van der Waals surface area contributed by atoms with Crippen molar-refractivity contribution in [1.29, 1.82) is 0 Å². The summed E-state index contributed by atoms with van der Waals surface area (Å²) in [6, 6.07) is 29.8. The molecule has 3 aromatic rings. The van der Waals surface area contributed by atoms with E-state index in [0.717, 1.165) is 9.32 Å². The Morgan fingerprint density at radius 2 is 1.12 bits per heavy atom. The van der Waals surface area contributed by atoms with Crippen molar-refractivity contribution in [2.45, 2.75) is 25.8 Å². The van der Waals surface area contributed by atoms with Gasteiger partial charge in [0.25, 0.3) is 0 Å². The maximum atomic E-state index is 7.00. The first-order chi connectivity index (χ1) is 11.9. The van der Waals surface area contributed by atoms with Crippen molar-refractivity contribution in [2.24, 2.45) is 0 Å². The predicted octanol–water partition coefficient (Wildman–Crippen LogP) is 5.23. The van der Waals surface area contributed by atoms with Gasteiger partial charge in [0.2, 0.25) is 0 Å². The minimum atomic E-state index is -2.53. The number of halogens is 1. The van der Waals surface area contributed by atoms with Gasteiger partial charge in [-0.2, -0.15) is 0 Å². The van der Waals surface area contributed by atoms with Gasteiger partial charge in [0, 0.05) is 0 Å². The second-order valence-corrected chi connectivity index (χ2v) is 12.6. The molecule has 0 spiro atoms. The first kappa shape index (κ1) is 18.2. The van der Waals surface area contributed by atoms with Gasteiger partial charge >= 0.3 is 8.32 Å². The van der Waals surface area contributed by atoms with Crippen LogP contribution in [0.15, 0.2) is 84.9 Å². The van der Waals surface area contributed by atoms with E-state index in [-0.39, 0.29) is 5.04 Å². The van der Waals surface area contributed by atoms with E-state index >= 15 is 0 Å². The summed E-state index contributed by atoms with van der Waals surface area (Å²) >= 11 is 2.36. The van der Waals surface area contributed by atoms with E-state index in [9.17, 15) is 0 Å². The molecule has 0 unspecified atom stereocenters. The summed E-state index contributed by atoms with van der Waals surface area (Å²) in [4.78, 5) is 0. The summed E-state index contributed by atoms with van der Waals surface area (Å²) in [5.41, 5.74) is 0. The maximum absolute atomic E-state index is 7.00. The van der Waals surface area contributed by atoms with Gasteiger partial charge in [-0.3, -0.25) is 0 Å². The first-order valence-electron chi connectivity index (χ1n) is 8.50. The van der Waals surface area contributed by atoms with Gasteiger partial charge in [0.1, 0.15) is 5.75 Å². The normalized spacial score (nSPS) is 12.0. The fourth-order valence-electron chi connectivity index (χ4n) is 3.34. The maximum Gasteiger partial charge on any atom is 0.320 e. The van der Waals surface area contributed by atoms with Gasteiger partial charge in [-0.25, -0.2) is 0 Å². The lowest BCUT2D eigenvalue weighted by atomic mass is 10.2. The lowest BCUT2D eigenvalue weighted by Crippen LogP contribution is -2.68. The highest BCUT2D eigenvalue weighted by molar-refractivity contribution is 14.1. The van der Waals surface area contributed by atoms with Crippen molar-refractivity contribution in [3.8, 4) is 5.75 Å². The minimum Gasteiger partial charge on any atom is -0.533 e. The molecule has 0 fully saturated rings. The van der Waals surface area contributed by atoms with Crippen molar-refractivity contribution in [3.05, 3.63) is 88.5 Å². The van der Waals surface area contributed by atoms with E-state index in [1.54, 1.807) is 0 Å². The van der Waals surface area contributed by atoms with Crippen LogP contribution >= 0.6 is 22.6 Å². The van der Waals surface area contributed by atoms with E-state index in [0.29, 0.717) is 0 Å². The molecule has 3 rings (SSSR count). The van der Waals surface area contributed by atoms with Crippen LogP contribution in [-0.2, 0) is 0 Å². The Kier molecular flexibility index (Phi) is 5.34. The molecule has 25 heavy (non-hydrogen) atoms. The zero-order chi connectivity index (χ0) is 17.9. The molecule has 0 amide bonds. The van der Waals surface area contributed by atoms with Crippen molar-refractivity contribution in [1.82, 2.24) is 0 Å². The Morgan fingerprint density at radius 3 is 1.56 bits per heavy atom. The molecule has 0 aliphatic rings. The quantitative estimate of drug-likeness (QED) is 0.384. The van der Waals surface area contributed by atoms with Gasteiger partial charge < -0.3 is 4.43 Å². The smallest absolute Gasteiger partial charge is 0.320 e. The second-order valence-electron chi connectivity index (χ2n) is 7.20. The molecule has 0 heterocycles. The fraction of sp³-hybridized carbons (Fsp3) is 0.182. The largest absolute Gasteiger partial charge is 0.533 e. The van der Waals surface area contributed by atoms with Gasteiger partial charge in [-0.1, -0.05) is 93.6 Å². The summed E-state index contributed by atoms with van der Waals surface area (Å²) in [5, 5.41) is 2.58. The SMILES string of the molecule is CC(C)(C)[Si](Oc1ccccc1I)(c1ccccc1)c1ccccc1. The zero-order valence-corrected chi connectivity index (χ0v) is 18.0. The van der Waals surface area contributed by atoms with Crippen LogP contribution in [0.2, 0.25) is 5.04 Å². The van der Waals surface area contributed by atoms with E-state index < -0.39 is 8.32 Å². The molecule has 128 valence electrons. The summed E-state index contributed by atoms with van der Waals surface area (Å²) in [7, 11) is -2.53. The summed E-state index contributed by atoms with van der Waals surface area (Å²) < 4.78 is 8.15. The van der Waals surface area contributed by atoms with Gasteiger partial charge in [-0.05, 0) is 50.1 Å². The molecule has 0 aromatic heterocycles. The Morgan fingerprint density at radius 1 is 0.680 bits per heavy atom. The first-order valence-corrected chi connectivity index (χ1v) is 11.5. The van der Waals surface area contributed by atoms with E-state index in [2.05, 4.69) is 128 Å². The van der Waals surface area contributed by atoms with Crippen LogP contribution < -0.4 is 14.8 Å². The second kappa shape index (κ2) is 7.34. The molecule has 3 aromatic carbocycles. The molecule has 0 atom stereocenters. The monoisotopic (exact) mass is 458 g/mol. The third-order valence-electron chi connectivity index (χ3n) is 4.52. The molecule has 3 heteroatoms. The molecule has 0 aliphatic carbocycles. The molecule has 0 bridgehead atoms. The number of rotatable bonds is 4. The molecular weight excluding hydrogens is 435 g/mol. The molecule has 0 N–H and O–H groups in total. The Labute approximate surface area is 165 Å². The van der Waals surface area contributed by atoms with Gasteiger partial charge in [0.05, 0.1) is 3.57 Å². The van der Waals surface area contributed by atoms with Gasteiger partial charge in [-0.15, -0.1) is 0 Å². The number of para-hydroxylation sites is 1. The minimum absolute atomic E-state index is 0.0192. The van der Waals surface area contributed by atoms with E-state index in [1.165, 1.54) is 10.4 Å². The van der Waals surface area contributed by atoms with Gasteiger partial charge in [0.15, 0.2) is 0 Å². The Bertz CT molecular complexity index is 786.